The molecule has 0 amide bonds. The molecular weight excluding hydrogens is 324 g/mol. The molecule has 8 heteroatoms. The number of sulfonamides is 1. The highest BCUT2D eigenvalue weighted by Crippen LogP contribution is 2.32. The third kappa shape index (κ3) is 3.25. The second kappa shape index (κ2) is 5.50. The van der Waals surface area contributed by atoms with Crippen LogP contribution in [-0.2, 0) is 10.0 Å². The zero-order chi connectivity index (χ0) is 15.8. The fourth-order valence-corrected chi connectivity index (χ4v) is 3.10. The van der Waals surface area contributed by atoms with Crippen molar-refractivity contribution in [3.8, 4) is 5.75 Å². The first-order chi connectivity index (χ1) is 9.70. The van der Waals surface area contributed by atoms with Crippen LogP contribution in [0.4, 0.5) is 14.5 Å². The first-order valence-corrected chi connectivity index (χ1v) is 7.54. The molecule has 2 aromatic rings. The number of phenols is 1. The highest BCUT2D eigenvalue weighted by atomic mass is 35.5. The Morgan fingerprint density at radius 1 is 1.19 bits per heavy atom. The molecule has 0 aliphatic heterocycles. The van der Waals surface area contributed by atoms with Gasteiger partial charge < -0.3 is 5.11 Å². The van der Waals surface area contributed by atoms with Crippen LogP contribution in [0.25, 0.3) is 0 Å². The molecule has 0 radical (unpaired) electrons. The minimum absolute atomic E-state index is 0.191. The summed E-state index contributed by atoms with van der Waals surface area (Å²) >= 11 is 5.78. The van der Waals surface area contributed by atoms with Crippen LogP contribution >= 0.6 is 11.6 Å². The summed E-state index contributed by atoms with van der Waals surface area (Å²) in [6, 6.07) is 4.69. The summed E-state index contributed by atoms with van der Waals surface area (Å²) in [5.74, 6) is -2.46. The second-order valence-corrected chi connectivity index (χ2v) is 6.39. The Labute approximate surface area is 125 Å². The van der Waals surface area contributed by atoms with Gasteiger partial charge in [0, 0.05) is 11.1 Å². The zero-order valence-electron chi connectivity index (χ0n) is 10.7. The molecule has 21 heavy (non-hydrogen) atoms. The first kappa shape index (κ1) is 15.5. The van der Waals surface area contributed by atoms with Crippen molar-refractivity contribution >= 4 is 27.3 Å². The number of halogens is 3. The van der Waals surface area contributed by atoms with Gasteiger partial charge in [-0.15, -0.1) is 0 Å². The van der Waals surface area contributed by atoms with Crippen molar-refractivity contribution in [2.75, 3.05) is 4.72 Å². The molecule has 0 aliphatic carbocycles. The number of aromatic hydroxyl groups is 1. The fourth-order valence-electron chi connectivity index (χ4n) is 1.71. The smallest absolute Gasteiger partial charge is 0.264 e. The van der Waals surface area contributed by atoms with Gasteiger partial charge in [-0.1, -0.05) is 11.6 Å². The summed E-state index contributed by atoms with van der Waals surface area (Å²) in [5.41, 5.74) is 0.156. The number of nitrogens with one attached hydrogen (secondary N) is 1. The highest BCUT2D eigenvalue weighted by Gasteiger charge is 2.21. The quantitative estimate of drug-likeness (QED) is 0.846. The summed E-state index contributed by atoms with van der Waals surface area (Å²) in [7, 11) is -4.33. The van der Waals surface area contributed by atoms with E-state index in [1.54, 1.807) is 0 Å². The van der Waals surface area contributed by atoms with E-state index in [0.29, 0.717) is 11.6 Å². The minimum atomic E-state index is -4.33. The largest absolute Gasteiger partial charge is 0.505 e. The lowest BCUT2D eigenvalue weighted by Gasteiger charge is -2.12. The van der Waals surface area contributed by atoms with E-state index in [2.05, 4.69) is 0 Å². The molecule has 0 bridgehead atoms. The second-order valence-electron chi connectivity index (χ2n) is 4.30. The van der Waals surface area contributed by atoms with Gasteiger partial charge >= 0.3 is 0 Å². The van der Waals surface area contributed by atoms with Gasteiger partial charge in [-0.05, 0) is 36.8 Å². The van der Waals surface area contributed by atoms with Gasteiger partial charge in [0.2, 0.25) is 0 Å². The Kier molecular flexibility index (Phi) is 4.06. The minimum Gasteiger partial charge on any atom is -0.505 e. The van der Waals surface area contributed by atoms with Crippen LogP contribution in [0.15, 0.2) is 35.2 Å². The van der Waals surface area contributed by atoms with Crippen LogP contribution in [0.3, 0.4) is 0 Å². The molecular formula is C13H10ClF2NO3S. The van der Waals surface area contributed by atoms with Crippen LogP contribution < -0.4 is 4.72 Å². The van der Waals surface area contributed by atoms with Gasteiger partial charge in [-0.25, -0.2) is 17.2 Å². The van der Waals surface area contributed by atoms with E-state index in [1.807, 2.05) is 4.72 Å². The van der Waals surface area contributed by atoms with Gasteiger partial charge in [0.25, 0.3) is 10.0 Å². The number of hydrogen-bond acceptors (Lipinski definition) is 3. The molecule has 112 valence electrons. The molecule has 0 aliphatic rings. The number of hydrogen-bond donors (Lipinski definition) is 2. The molecule has 0 atom stereocenters. The third-order valence-electron chi connectivity index (χ3n) is 2.69. The van der Waals surface area contributed by atoms with Crippen LogP contribution in [-0.4, -0.2) is 13.5 Å². The van der Waals surface area contributed by atoms with Crippen LogP contribution in [0, 0.1) is 18.6 Å². The van der Waals surface area contributed by atoms with E-state index in [0.717, 1.165) is 12.1 Å². The molecule has 0 saturated heterocycles. The molecule has 2 N–H and O–H groups in total. The summed E-state index contributed by atoms with van der Waals surface area (Å²) in [5, 5.41) is 10.0. The van der Waals surface area contributed by atoms with E-state index in [-0.39, 0.29) is 16.5 Å². The topological polar surface area (TPSA) is 66.4 Å². The molecule has 2 rings (SSSR count). The van der Waals surface area contributed by atoms with Gasteiger partial charge in [0.1, 0.15) is 22.3 Å². The highest BCUT2D eigenvalue weighted by molar-refractivity contribution is 7.92. The normalized spacial score (nSPS) is 11.4. The molecule has 0 fully saturated rings. The number of rotatable bonds is 3. The van der Waals surface area contributed by atoms with Gasteiger partial charge in [0.05, 0.1) is 5.69 Å². The molecule has 2 aromatic carbocycles. The predicted molar refractivity (Wildman–Crippen MR) is 75.0 cm³/mol. The summed E-state index contributed by atoms with van der Waals surface area (Å²) < 4.78 is 52.6. The van der Waals surface area contributed by atoms with Gasteiger partial charge in [0.15, 0.2) is 0 Å². The third-order valence-corrected chi connectivity index (χ3v) is 4.31. The molecule has 0 aromatic heterocycles. The van der Waals surface area contributed by atoms with Crippen molar-refractivity contribution in [1.82, 2.24) is 0 Å². The average Bonchev–Trinajstić information content (AvgIpc) is 2.34. The fraction of sp³-hybridized carbons (Fsp3) is 0.0769. The van der Waals surface area contributed by atoms with E-state index in [9.17, 15) is 22.3 Å². The van der Waals surface area contributed by atoms with Gasteiger partial charge in [-0.3, -0.25) is 4.72 Å². The maximum atomic E-state index is 13.6. The Hall–Kier alpha value is -1.86. The van der Waals surface area contributed by atoms with E-state index in [1.165, 1.54) is 19.1 Å². The molecule has 0 heterocycles. The number of anilines is 1. The average molecular weight is 334 g/mol. The lowest BCUT2D eigenvalue weighted by Crippen LogP contribution is -2.15. The summed E-state index contributed by atoms with van der Waals surface area (Å²) in [6.07, 6.45) is 0. The molecule has 0 unspecified atom stereocenters. The van der Waals surface area contributed by atoms with E-state index in [4.69, 9.17) is 11.6 Å². The molecule has 0 saturated carbocycles. The monoisotopic (exact) mass is 333 g/mol. The van der Waals surface area contributed by atoms with Crippen molar-refractivity contribution in [2.45, 2.75) is 11.8 Å². The maximum absolute atomic E-state index is 13.6. The maximum Gasteiger partial charge on any atom is 0.264 e. The van der Waals surface area contributed by atoms with Crippen LogP contribution in [0.1, 0.15) is 5.56 Å². The standard InChI is InChI=1S/C13H10ClF2NO3S/c1-7-4-8(14)5-11(13(7)18)17-21(19,20)12-3-2-9(15)6-10(12)16/h2-6,17-18H,1H3. The zero-order valence-corrected chi connectivity index (χ0v) is 12.3. The lowest BCUT2D eigenvalue weighted by atomic mass is 10.2. The summed E-state index contributed by atoms with van der Waals surface area (Å²) in [4.78, 5) is -0.735. The van der Waals surface area contributed by atoms with Crippen molar-refractivity contribution in [1.29, 1.82) is 0 Å². The van der Waals surface area contributed by atoms with Crippen molar-refractivity contribution < 1.29 is 22.3 Å². The van der Waals surface area contributed by atoms with E-state index < -0.39 is 26.6 Å². The van der Waals surface area contributed by atoms with Gasteiger partial charge in [-0.2, -0.15) is 0 Å². The Morgan fingerprint density at radius 3 is 2.48 bits per heavy atom. The van der Waals surface area contributed by atoms with Crippen molar-refractivity contribution in [2.24, 2.45) is 0 Å². The molecule has 0 spiro atoms. The number of phenolic OH excluding ortho intramolecular Hbond substituents is 1. The lowest BCUT2D eigenvalue weighted by molar-refractivity contribution is 0.473. The molecule has 4 nitrogen and oxygen atoms in total. The summed E-state index contributed by atoms with van der Waals surface area (Å²) in [6.45, 7) is 1.53. The van der Waals surface area contributed by atoms with Crippen LogP contribution in [0.2, 0.25) is 5.02 Å². The van der Waals surface area contributed by atoms with Crippen LogP contribution in [0.5, 0.6) is 5.75 Å². The Morgan fingerprint density at radius 2 is 1.86 bits per heavy atom. The SMILES string of the molecule is Cc1cc(Cl)cc(NS(=O)(=O)c2ccc(F)cc2F)c1O. The van der Waals surface area contributed by atoms with Crippen molar-refractivity contribution in [3.05, 3.63) is 52.6 Å². The van der Waals surface area contributed by atoms with E-state index >= 15 is 0 Å². The number of benzene rings is 2. The van der Waals surface area contributed by atoms with Crippen molar-refractivity contribution in [3.63, 3.8) is 0 Å². The Balaban J connectivity index is 2.47. The predicted octanol–water partition coefficient (Wildman–Crippen LogP) is 3.43. The Bertz CT molecular complexity index is 809. The number of aryl methyl sites for hydroxylation is 1. The first-order valence-electron chi connectivity index (χ1n) is 5.67.